The Morgan fingerprint density at radius 3 is 2.83 bits per heavy atom. The minimum Gasteiger partial charge on any atom is -0.384 e. The maximum absolute atomic E-state index is 5.83. The van der Waals surface area contributed by atoms with E-state index in [1.165, 1.54) is 38.5 Å². The second kappa shape index (κ2) is 6.03. The third kappa shape index (κ3) is 3.86. The van der Waals surface area contributed by atoms with Crippen LogP contribution in [0.25, 0.3) is 0 Å². The van der Waals surface area contributed by atoms with E-state index in [1.54, 1.807) is 0 Å². The van der Waals surface area contributed by atoms with Gasteiger partial charge in [-0.05, 0) is 26.2 Å². The third-order valence-corrected chi connectivity index (χ3v) is 3.34. The lowest BCUT2D eigenvalue weighted by atomic mass is 10.1. The summed E-state index contributed by atoms with van der Waals surface area (Å²) < 4.78 is 0. The highest BCUT2D eigenvalue weighted by Crippen LogP contribution is 2.38. The molecule has 1 fully saturated rings. The SMILES string of the molecule is CCCCCC(C)Nc1cc(N)nc(C2CC2)n1. The van der Waals surface area contributed by atoms with Crippen molar-refractivity contribution in [1.29, 1.82) is 0 Å². The number of nitrogens with zero attached hydrogens (tertiary/aromatic N) is 2. The van der Waals surface area contributed by atoms with Crippen LogP contribution in [0.4, 0.5) is 11.6 Å². The Labute approximate surface area is 109 Å². The van der Waals surface area contributed by atoms with Gasteiger partial charge < -0.3 is 11.1 Å². The maximum Gasteiger partial charge on any atom is 0.136 e. The molecule has 0 spiro atoms. The molecule has 0 aliphatic heterocycles. The van der Waals surface area contributed by atoms with Crippen LogP contribution in [0.15, 0.2) is 6.07 Å². The van der Waals surface area contributed by atoms with E-state index in [4.69, 9.17) is 5.73 Å². The zero-order valence-corrected chi connectivity index (χ0v) is 11.4. The van der Waals surface area contributed by atoms with E-state index in [0.29, 0.717) is 17.8 Å². The summed E-state index contributed by atoms with van der Waals surface area (Å²) in [5.74, 6) is 2.92. The molecule has 3 N–H and O–H groups in total. The number of nitrogen functional groups attached to an aromatic ring is 1. The zero-order chi connectivity index (χ0) is 13.0. The first-order chi connectivity index (χ1) is 8.69. The van der Waals surface area contributed by atoms with E-state index in [9.17, 15) is 0 Å². The van der Waals surface area contributed by atoms with Crippen LogP contribution in [0.3, 0.4) is 0 Å². The van der Waals surface area contributed by atoms with Gasteiger partial charge in [-0.2, -0.15) is 0 Å². The molecule has 2 rings (SSSR count). The van der Waals surface area contributed by atoms with E-state index in [1.807, 2.05) is 6.07 Å². The summed E-state index contributed by atoms with van der Waals surface area (Å²) in [4.78, 5) is 8.87. The predicted molar refractivity (Wildman–Crippen MR) is 75.6 cm³/mol. The molecule has 0 aromatic carbocycles. The number of unbranched alkanes of at least 4 members (excludes halogenated alkanes) is 2. The average Bonchev–Trinajstić information content (AvgIpc) is 3.12. The first kappa shape index (κ1) is 13.1. The van der Waals surface area contributed by atoms with E-state index < -0.39 is 0 Å². The van der Waals surface area contributed by atoms with Crippen molar-refractivity contribution in [2.24, 2.45) is 0 Å². The smallest absolute Gasteiger partial charge is 0.136 e. The van der Waals surface area contributed by atoms with Crippen molar-refractivity contribution >= 4 is 11.6 Å². The molecule has 100 valence electrons. The fourth-order valence-corrected chi connectivity index (χ4v) is 2.11. The molecule has 0 amide bonds. The molecule has 0 saturated heterocycles. The van der Waals surface area contributed by atoms with Gasteiger partial charge >= 0.3 is 0 Å². The van der Waals surface area contributed by atoms with Crippen molar-refractivity contribution in [3.63, 3.8) is 0 Å². The Balaban J connectivity index is 1.91. The van der Waals surface area contributed by atoms with Crippen molar-refractivity contribution in [3.05, 3.63) is 11.9 Å². The van der Waals surface area contributed by atoms with E-state index in [-0.39, 0.29) is 0 Å². The van der Waals surface area contributed by atoms with Gasteiger partial charge in [0.1, 0.15) is 17.5 Å². The number of rotatable bonds is 7. The molecule has 1 aliphatic rings. The van der Waals surface area contributed by atoms with E-state index >= 15 is 0 Å². The molecule has 18 heavy (non-hydrogen) atoms. The largest absolute Gasteiger partial charge is 0.384 e. The predicted octanol–water partition coefficient (Wildman–Crippen LogP) is 3.32. The molecule has 4 heteroatoms. The minimum atomic E-state index is 0.443. The fraction of sp³-hybridized carbons (Fsp3) is 0.714. The summed E-state index contributed by atoms with van der Waals surface area (Å²) in [6, 6.07) is 2.28. The molecule has 1 aromatic rings. The summed E-state index contributed by atoms with van der Waals surface area (Å²) in [5.41, 5.74) is 5.83. The first-order valence-electron chi connectivity index (χ1n) is 7.10. The molecule has 1 aliphatic carbocycles. The molecule has 1 atom stereocenters. The lowest BCUT2D eigenvalue weighted by molar-refractivity contribution is 0.613. The van der Waals surface area contributed by atoms with Gasteiger partial charge in [-0.25, -0.2) is 9.97 Å². The summed E-state index contributed by atoms with van der Waals surface area (Å²) in [6.45, 7) is 4.43. The van der Waals surface area contributed by atoms with Crippen molar-refractivity contribution in [2.45, 2.75) is 64.3 Å². The molecule has 1 saturated carbocycles. The number of nitrogens with two attached hydrogens (primary N) is 1. The van der Waals surface area contributed by atoms with Gasteiger partial charge in [0.2, 0.25) is 0 Å². The van der Waals surface area contributed by atoms with Gasteiger partial charge in [0.05, 0.1) is 0 Å². The van der Waals surface area contributed by atoms with Crippen molar-refractivity contribution < 1.29 is 0 Å². The van der Waals surface area contributed by atoms with Crippen molar-refractivity contribution in [3.8, 4) is 0 Å². The van der Waals surface area contributed by atoms with Crippen LogP contribution in [-0.2, 0) is 0 Å². The quantitative estimate of drug-likeness (QED) is 0.727. The Morgan fingerprint density at radius 2 is 2.17 bits per heavy atom. The molecular weight excluding hydrogens is 224 g/mol. The highest BCUT2D eigenvalue weighted by molar-refractivity contribution is 5.45. The Kier molecular flexibility index (Phi) is 4.39. The number of anilines is 2. The second-order valence-corrected chi connectivity index (χ2v) is 5.35. The zero-order valence-electron chi connectivity index (χ0n) is 11.4. The lowest BCUT2D eigenvalue weighted by Crippen LogP contribution is -2.17. The standard InChI is InChI=1S/C14H24N4/c1-3-4-5-6-10(2)16-13-9-12(15)17-14(18-13)11-7-8-11/h9-11H,3-8H2,1-2H3,(H3,15,16,17,18). The molecular formula is C14H24N4. The topological polar surface area (TPSA) is 63.8 Å². The highest BCUT2D eigenvalue weighted by atomic mass is 15.1. The lowest BCUT2D eigenvalue weighted by Gasteiger charge is -2.15. The number of nitrogens with one attached hydrogen (secondary N) is 1. The monoisotopic (exact) mass is 248 g/mol. The van der Waals surface area contributed by atoms with Gasteiger partial charge in [-0.1, -0.05) is 26.2 Å². The average molecular weight is 248 g/mol. The molecule has 0 radical (unpaired) electrons. The van der Waals surface area contributed by atoms with Crippen LogP contribution in [0, 0.1) is 0 Å². The summed E-state index contributed by atoms with van der Waals surface area (Å²) in [5, 5.41) is 3.43. The normalized spacial score (nSPS) is 16.6. The van der Waals surface area contributed by atoms with Crippen LogP contribution < -0.4 is 11.1 Å². The molecule has 1 unspecified atom stereocenters. The summed E-state index contributed by atoms with van der Waals surface area (Å²) in [7, 11) is 0. The van der Waals surface area contributed by atoms with Gasteiger partial charge in [-0.3, -0.25) is 0 Å². The summed E-state index contributed by atoms with van der Waals surface area (Å²) in [6.07, 6.45) is 7.41. The number of hydrogen-bond donors (Lipinski definition) is 2. The van der Waals surface area contributed by atoms with Crippen LogP contribution in [-0.4, -0.2) is 16.0 Å². The van der Waals surface area contributed by atoms with Crippen LogP contribution in [0.2, 0.25) is 0 Å². The van der Waals surface area contributed by atoms with Crippen LogP contribution >= 0.6 is 0 Å². The summed E-state index contributed by atoms with van der Waals surface area (Å²) >= 11 is 0. The van der Waals surface area contributed by atoms with Gasteiger partial charge in [-0.15, -0.1) is 0 Å². The van der Waals surface area contributed by atoms with E-state index in [2.05, 4.69) is 29.1 Å². The Bertz CT molecular complexity index is 387. The number of hydrogen-bond acceptors (Lipinski definition) is 4. The Hall–Kier alpha value is -1.32. The number of aromatic nitrogens is 2. The molecule has 4 nitrogen and oxygen atoms in total. The van der Waals surface area contributed by atoms with Crippen molar-refractivity contribution in [1.82, 2.24) is 9.97 Å². The molecule has 0 bridgehead atoms. The Morgan fingerprint density at radius 1 is 1.39 bits per heavy atom. The second-order valence-electron chi connectivity index (χ2n) is 5.35. The highest BCUT2D eigenvalue weighted by Gasteiger charge is 2.27. The van der Waals surface area contributed by atoms with Gasteiger partial charge in [0, 0.05) is 18.0 Å². The van der Waals surface area contributed by atoms with Crippen LogP contribution in [0.5, 0.6) is 0 Å². The van der Waals surface area contributed by atoms with Gasteiger partial charge in [0.15, 0.2) is 0 Å². The van der Waals surface area contributed by atoms with Crippen molar-refractivity contribution in [2.75, 3.05) is 11.1 Å². The van der Waals surface area contributed by atoms with Crippen LogP contribution in [0.1, 0.15) is 64.1 Å². The maximum atomic E-state index is 5.83. The molecule has 1 aromatic heterocycles. The van der Waals surface area contributed by atoms with E-state index in [0.717, 1.165) is 11.6 Å². The molecule has 1 heterocycles. The first-order valence-corrected chi connectivity index (χ1v) is 7.10. The third-order valence-electron chi connectivity index (χ3n) is 3.34. The van der Waals surface area contributed by atoms with Gasteiger partial charge in [0.25, 0.3) is 0 Å². The minimum absolute atomic E-state index is 0.443. The fourth-order valence-electron chi connectivity index (χ4n) is 2.11.